The van der Waals surface area contributed by atoms with E-state index in [1.54, 1.807) is 0 Å². The van der Waals surface area contributed by atoms with Crippen LogP contribution in [0.2, 0.25) is 0 Å². The first-order valence-electron chi connectivity index (χ1n) is 6.96. The highest BCUT2D eigenvalue weighted by Crippen LogP contribution is 2.26. The third kappa shape index (κ3) is 5.13. The Morgan fingerprint density at radius 1 is 1.21 bits per heavy atom. The molecular formula is C16H26ClNO. The van der Waals surface area contributed by atoms with E-state index in [1.807, 2.05) is 0 Å². The van der Waals surface area contributed by atoms with E-state index in [9.17, 15) is 0 Å². The molecule has 1 atom stereocenters. The first-order chi connectivity index (χ1) is 8.88. The molecule has 0 radical (unpaired) electrons. The lowest BCUT2D eigenvalue weighted by Crippen LogP contribution is -2.29. The molecule has 0 aliphatic carbocycles. The van der Waals surface area contributed by atoms with Crippen LogP contribution in [0, 0.1) is 0 Å². The number of benzene rings is 1. The first-order valence-corrected chi connectivity index (χ1v) is 7.39. The molecule has 1 aromatic rings. The number of rotatable bonds is 6. The molecule has 19 heavy (non-hydrogen) atoms. The van der Waals surface area contributed by atoms with Gasteiger partial charge in [-0.05, 0) is 23.1 Å². The zero-order valence-electron chi connectivity index (χ0n) is 12.5. The fourth-order valence-electron chi connectivity index (χ4n) is 2.04. The first kappa shape index (κ1) is 16.5. The van der Waals surface area contributed by atoms with Gasteiger partial charge in [0.05, 0.1) is 12.0 Å². The molecule has 1 aromatic carbocycles. The van der Waals surface area contributed by atoms with Gasteiger partial charge in [-0.3, -0.25) is 4.90 Å². The van der Waals surface area contributed by atoms with Gasteiger partial charge in [-0.1, -0.05) is 52.0 Å². The standard InChI is InChI=1S/C16H26ClNO/c1-5-18(10-11-19)12-15(17)13-6-8-14(9-7-13)16(2,3)4/h6-9,15,19H,5,10-12H2,1-4H3. The van der Waals surface area contributed by atoms with E-state index >= 15 is 0 Å². The highest BCUT2D eigenvalue weighted by atomic mass is 35.5. The predicted octanol–water partition coefficient (Wildman–Crippen LogP) is 3.58. The zero-order valence-corrected chi connectivity index (χ0v) is 13.2. The summed E-state index contributed by atoms with van der Waals surface area (Å²) >= 11 is 6.46. The molecule has 2 nitrogen and oxygen atoms in total. The zero-order chi connectivity index (χ0) is 14.5. The van der Waals surface area contributed by atoms with Crippen molar-refractivity contribution >= 4 is 11.6 Å². The Bertz CT molecular complexity index is 369. The molecular weight excluding hydrogens is 258 g/mol. The van der Waals surface area contributed by atoms with E-state index in [2.05, 4.69) is 56.9 Å². The van der Waals surface area contributed by atoms with Crippen molar-refractivity contribution in [2.24, 2.45) is 0 Å². The van der Waals surface area contributed by atoms with E-state index in [1.165, 1.54) is 5.56 Å². The molecule has 0 saturated heterocycles. The molecule has 0 bridgehead atoms. The number of alkyl halides is 1. The molecule has 1 unspecified atom stereocenters. The van der Waals surface area contributed by atoms with E-state index in [0.29, 0.717) is 6.54 Å². The largest absolute Gasteiger partial charge is 0.395 e. The van der Waals surface area contributed by atoms with Crippen LogP contribution in [-0.2, 0) is 5.41 Å². The maximum atomic E-state index is 8.99. The van der Waals surface area contributed by atoms with Crippen LogP contribution in [0.25, 0.3) is 0 Å². The van der Waals surface area contributed by atoms with Crippen LogP contribution in [0.1, 0.15) is 44.2 Å². The topological polar surface area (TPSA) is 23.5 Å². The van der Waals surface area contributed by atoms with Crippen molar-refractivity contribution in [2.45, 2.75) is 38.5 Å². The monoisotopic (exact) mass is 283 g/mol. The van der Waals surface area contributed by atoms with Gasteiger partial charge in [0.25, 0.3) is 0 Å². The molecule has 0 saturated carbocycles. The molecule has 0 spiro atoms. The van der Waals surface area contributed by atoms with E-state index < -0.39 is 0 Å². The van der Waals surface area contributed by atoms with Gasteiger partial charge >= 0.3 is 0 Å². The molecule has 0 amide bonds. The Morgan fingerprint density at radius 3 is 2.21 bits per heavy atom. The molecule has 0 aliphatic heterocycles. The molecule has 1 rings (SSSR count). The normalized spacial score (nSPS) is 13.8. The fourth-order valence-corrected chi connectivity index (χ4v) is 2.38. The molecule has 0 aromatic heterocycles. The van der Waals surface area contributed by atoms with Crippen molar-refractivity contribution in [1.82, 2.24) is 4.90 Å². The Labute approximate surface area is 122 Å². The van der Waals surface area contributed by atoms with Gasteiger partial charge < -0.3 is 5.11 Å². The lowest BCUT2D eigenvalue weighted by atomic mass is 9.86. The lowest BCUT2D eigenvalue weighted by Gasteiger charge is -2.23. The van der Waals surface area contributed by atoms with Crippen molar-refractivity contribution in [3.8, 4) is 0 Å². The van der Waals surface area contributed by atoms with Crippen molar-refractivity contribution in [1.29, 1.82) is 0 Å². The summed E-state index contributed by atoms with van der Waals surface area (Å²) in [5.41, 5.74) is 2.64. The van der Waals surface area contributed by atoms with Crippen LogP contribution in [0.4, 0.5) is 0 Å². The summed E-state index contributed by atoms with van der Waals surface area (Å²) in [6, 6.07) is 8.55. The van der Waals surface area contributed by atoms with E-state index in [-0.39, 0.29) is 17.4 Å². The molecule has 1 N–H and O–H groups in total. The third-order valence-electron chi connectivity index (χ3n) is 3.42. The van der Waals surface area contributed by atoms with Gasteiger partial charge in [0.2, 0.25) is 0 Å². The number of aliphatic hydroxyl groups is 1. The summed E-state index contributed by atoms with van der Waals surface area (Å²) < 4.78 is 0. The van der Waals surface area contributed by atoms with Crippen LogP contribution in [-0.4, -0.2) is 36.2 Å². The maximum Gasteiger partial charge on any atom is 0.0712 e. The number of likely N-dealkylation sites (N-methyl/N-ethyl adjacent to an activating group) is 1. The summed E-state index contributed by atoms with van der Waals surface area (Å²) in [5.74, 6) is 0. The molecule has 3 heteroatoms. The number of hydrogen-bond donors (Lipinski definition) is 1. The summed E-state index contributed by atoms with van der Waals surface area (Å²) in [5, 5.41) is 8.97. The second-order valence-corrected chi connectivity index (χ2v) is 6.48. The summed E-state index contributed by atoms with van der Waals surface area (Å²) in [6.07, 6.45) is 0. The quantitative estimate of drug-likeness (QED) is 0.807. The number of nitrogens with zero attached hydrogens (tertiary/aromatic N) is 1. The van der Waals surface area contributed by atoms with Gasteiger partial charge in [0.1, 0.15) is 0 Å². The van der Waals surface area contributed by atoms with Crippen LogP contribution in [0.3, 0.4) is 0 Å². The van der Waals surface area contributed by atoms with Crippen LogP contribution in [0.5, 0.6) is 0 Å². The van der Waals surface area contributed by atoms with Gasteiger partial charge in [0.15, 0.2) is 0 Å². The smallest absolute Gasteiger partial charge is 0.0712 e. The van der Waals surface area contributed by atoms with E-state index in [0.717, 1.165) is 18.7 Å². The van der Waals surface area contributed by atoms with Crippen LogP contribution < -0.4 is 0 Å². The van der Waals surface area contributed by atoms with Gasteiger partial charge in [0, 0.05) is 13.1 Å². The highest BCUT2D eigenvalue weighted by Gasteiger charge is 2.16. The number of aliphatic hydroxyl groups excluding tert-OH is 1. The minimum atomic E-state index is -0.0273. The highest BCUT2D eigenvalue weighted by molar-refractivity contribution is 6.21. The van der Waals surface area contributed by atoms with Crippen LogP contribution >= 0.6 is 11.6 Å². The second kappa shape index (κ2) is 7.28. The molecule has 108 valence electrons. The Kier molecular flexibility index (Phi) is 6.31. The second-order valence-electron chi connectivity index (χ2n) is 5.96. The number of hydrogen-bond acceptors (Lipinski definition) is 2. The van der Waals surface area contributed by atoms with Crippen molar-refractivity contribution in [3.63, 3.8) is 0 Å². The van der Waals surface area contributed by atoms with Gasteiger partial charge in [-0.2, -0.15) is 0 Å². The van der Waals surface area contributed by atoms with E-state index in [4.69, 9.17) is 16.7 Å². The average Bonchev–Trinajstić information content (AvgIpc) is 2.37. The Morgan fingerprint density at radius 2 is 1.79 bits per heavy atom. The van der Waals surface area contributed by atoms with Gasteiger partial charge in [-0.25, -0.2) is 0 Å². The lowest BCUT2D eigenvalue weighted by molar-refractivity contribution is 0.202. The van der Waals surface area contributed by atoms with Crippen molar-refractivity contribution in [2.75, 3.05) is 26.2 Å². The Hall–Kier alpha value is -0.570. The SMILES string of the molecule is CCN(CCO)CC(Cl)c1ccc(C(C)(C)C)cc1. The average molecular weight is 284 g/mol. The summed E-state index contributed by atoms with van der Waals surface area (Å²) in [6.45, 7) is 11.3. The maximum absolute atomic E-state index is 8.99. The fraction of sp³-hybridized carbons (Fsp3) is 0.625. The number of halogens is 1. The molecule has 0 fully saturated rings. The minimum absolute atomic E-state index is 0.0273. The predicted molar refractivity (Wildman–Crippen MR) is 82.9 cm³/mol. The minimum Gasteiger partial charge on any atom is -0.395 e. The summed E-state index contributed by atoms with van der Waals surface area (Å²) in [7, 11) is 0. The van der Waals surface area contributed by atoms with Crippen LogP contribution in [0.15, 0.2) is 24.3 Å². The third-order valence-corrected chi connectivity index (χ3v) is 3.81. The Balaban J connectivity index is 2.69. The van der Waals surface area contributed by atoms with Gasteiger partial charge in [-0.15, -0.1) is 11.6 Å². The summed E-state index contributed by atoms with van der Waals surface area (Å²) in [4.78, 5) is 2.16. The molecule has 0 aliphatic rings. The van der Waals surface area contributed by atoms with Crippen molar-refractivity contribution in [3.05, 3.63) is 35.4 Å². The molecule has 0 heterocycles. The van der Waals surface area contributed by atoms with Crippen molar-refractivity contribution < 1.29 is 5.11 Å².